The van der Waals surface area contributed by atoms with E-state index < -0.39 is 5.91 Å². The molecule has 0 aliphatic rings. The van der Waals surface area contributed by atoms with Crippen molar-refractivity contribution >= 4 is 11.7 Å². The number of nitrogens with two attached hydrogens (primary N) is 2. The summed E-state index contributed by atoms with van der Waals surface area (Å²) >= 11 is 0. The van der Waals surface area contributed by atoms with Crippen LogP contribution in [0.3, 0.4) is 0 Å². The molecule has 0 bridgehead atoms. The highest BCUT2D eigenvalue weighted by atomic mass is 16.5. The largest absolute Gasteiger partial charge is 0.439 e. The molecule has 0 aliphatic heterocycles. The molecule has 0 spiro atoms. The number of primary amides is 1. The smallest absolute Gasteiger partial charge is 0.254 e. The molecule has 0 unspecified atom stereocenters. The predicted octanol–water partition coefficient (Wildman–Crippen LogP) is 1.44. The van der Waals surface area contributed by atoms with Crippen LogP contribution in [0.4, 0.5) is 5.82 Å². The summed E-state index contributed by atoms with van der Waals surface area (Å²) in [6.45, 7) is 1.99. The van der Waals surface area contributed by atoms with E-state index in [-0.39, 0.29) is 11.4 Å². The number of ether oxygens (including phenoxy) is 1. The van der Waals surface area contributed by atoms with Crippen molar-refractivity contribution in [1.29, 1.82) is 0 Å². The first-order chi connectivity index (χ1) is 11.0. The number of hydrogen-bond acceptors (Lipinski definition) is 6. The molecule has 4 N–H and O–H groups in total. The Labute approximate surface area is 131 Å². The highest BCUT2D eigenvalue weighted by Gasteiger charge is 2.14. The Kier molecular flexibility index (Phi) is 3.63. The van der Waals surface area contributed by atoms with Crippen molar-refractivity contribution in [2.24, 2.45) is 5.73 Å². The van der Waals surface area contributed by atoms with Crippen LogP contribution in [0.25, 0.3) is 5.82 Å². The van der Waals surface area contributed by atoms with E-state index in [1.807, 2.05) is 31.2 Å². The summed E-state index contributed by atoms with van der Waals surface area (Å²) in [6, 6.07) is 9.10. The minimum absolute atomic E-state index is 0.109. The topological polar surface area (TPSA) is 122 Å². The highest BCUT2D eigenvalue weighted by molar-refractivity contribution is 5.97. The third kappa shape index (κ3) is 2.95. The lowest BCUT2D eigenvalue weighted by Crippen LogP contribution is -2.13. The molecule has 0 fully saturated rings. The van der Waals surface area contributed by atoms with Crippen molar-refractivity contribution in [3.63, 3.8) is 0 Å². The Bertz CT molecular complexity index is 857. The molecule has 3 rings (SSSR count). The van der Waals surface area contributed by atoms with Crippen LogP contribution in [-0.4, -0.2) is 25.7 Å². The first-order valence-corrected chi connectivity index (χ1v) is 6.75. The molecule has 8 heteroatoms. The summed E-state index contributed by atoms with van der Waals surface area (Å²) in [6.07, 6.45) is 2.62. The van der Waals surface area contributed by atoms with E-state index in [1.54, 1.807) is 6.07 Å². The number of benzene rings is 1. The summed E-state index contributed by atoms with van der Waals surface area (Å²) in [5.74, 6) is 0.796. The Morgan fingerprint density at radius 1 is 1.22 bits per heavy atom. The van der Waals surface area contributed by atoms with Gasteiger partial charge in [-0.2, -0.15) is 9.78 Å². The number of nitrogens with zero attached hydrogens (tertiary/aromatic N) is 4. The second-order valence-electron chi connectivity index (χ2n) is 4.85. The first kappa shape index (κ1) is 14.5. The van der Waals surface area contributed by atoms with Gasteiger partial charge in [0.05, 0.1) is 6.20 Å². The van der Waals surface area contributed by atoms with Gasteiger partial charge in [-0.05, 0) is 19.1 Å². The summed E-state index contributed by atoms with van der Waals surface area (Å²) in [5.41, 5.74) is 12.3. The number of carbonyl (C=O) groups excluding carboxylic acids is 1. The molecule has 0 atom stereocenters. The zero-order valence-electron chi connectivity index (χ0n) is 12.3. The molecular formula is C15H14N6O2. The Hall–Kier alpha value is -3.42. The molecule has 23 heavy (non-hydrogen) atoms. The molecular weight excluding hydrogens is 296 g/mol. The minimum atomic E-state index is -0.654. The minimum Gasteiger partial charge on any atom is -0.439 e. The van der Waals surface area contributed by atoms with Gasteiger partial charge >= 0.3 is 0 Å². The summed E-state index contributed by atoms with van der Waals surface area (Å²) in [7, 11) is 0. The van der Waals surface area contributed by atoms with E-state index in [1.165, 1.54) is 17.2 Å². The van der Waals surface area contributed by atoms with Gasteiger partial charge in [-0.1, -0.05) is 17.7 Å². The Balaban J connectivity index is 1.91. The Morgan fingerprint density at radius 2 is 1.96 bits per heavy atom. The van der Waals surface area contributed by atoms with Gasteiger partial charge in [-0.25, -0.2) is 9.97 Å². The van der Waals surface area contributed by atoms with Crippen molar-refractivity contribution in [1.82, 2.24) is 19.7 Å². The van der Waals surface area contributed by atoms with Crippen molar-refractivity contribution in [3.05, 3.63) is 54.0 Å². The van der Waals surface area contributed by atoms with Crippen LogP contribution in [0, 0.1) is 6.92 Å². The molecule has 0 saturated carbocycles. The average molecular weight is 310 g/mol. The zero-order valence-corrected chi connectivity index (χ0v) is 12.3. The van der Waals surface area contributed by atoms with Gasteiger partial charge < -0.3 is 16.2 Å². The molecule has 0 radical (unpaired) electrons. The predicted molar refractivity (Wildman–Crippen MR) is 83.3 cm³/mol. The van der Waals surface area contributed by atoms with E-state index >= 15 is 0 Å². The third-order valence-electron chi connectivity index (χ3n) is 3.16. The summed E-state index contributed by atoms with van der Waals surface area (Å²) in [4.78, 5) is 19.4. The molecule has 8 nitrogen and oxygen atoms in total. The van der Waals surface area contributed by atoms with Gasteiger partial charge in [0.1, 0.15) is 23.5 Å². The van der Waals surface area contributed by atoms with Crippen LogP contribution in [0.15, 0.2) is 42.9 Å². The standard InChI is InChI=1S/C15H14N6O2/c1-9-2-4-10(5-3-9)23-13-6-12(18-8-19-13)21-14(16)11(7-20-21)15(17)22/h2-8H,16H2,1H3,(H2,17,22). The van der Waals surface area contributed by atoms with Gasteiger partial charge in [0.25, 0.3) is 5.91 Å². The number of carbonyl (C=O) groups is 1. The monoisotopic (exact) mass is 310 g/mol. The molecule has 1 aromatic carbocycles. The fraction of sp³-hybridized carbons (Fsp3) is 0.0667. The number of amides is 1. The Morgan fingerprint density at radius 3 is 2.61 bits per heavy atom. The maximum Gasteiger partial charge on any atom is 0.254 e. The van der Waals surface area contributed by atoms with E-state index in [0.717, 1.165) is 5.56 Å². The van der Waals surface area contributed by atoms with Gasteiger partial charge in [-0.15, -0.1) is 0 Å². The lowest BCUT2D eigenvalue weighted by Gasteiger charge is -2.07. The number of aromatic nitrogens is 4. The van der Waals surface area contributed by atoms with Gasteiger partial charge in [0.15, 0.2) is 5.82 Å². The fourth-order valence-electron chi connectivity index (χ4n) is 1.96. The zero-order chi connectivity index (χ0) is 16.4. The second-order valence-corrected chi connectivity index (χ2v) is 4.85. The SMILES string of the molecule is Cc1ccc(Oc2cc(-n3ncc(C(N)=O)c3N)ncn2)cc1. The number of nitrogen functional groups attached to an aromatic ring is 1. The lowest BCUT2D eigenvalue weighted by molar-refractivity contribution is 0.100. The van der Waals surface area contributed by atoms with Crippen molar-refractivity contribution in [3.8, 4) is 17.4 Å². The maximum atomic E-state index is 11.2. The third-order valence-corrected chi connectivity index (χ3v) is 3.16. The number of anilines is 1. The molecule has 0 aliphatic carbocycles. The highest BCUT2D eigenvalue weighted by Crippen LogP contribution is 2.22. The second kappa shape index (κ2) is 5.76. The van der Waals surface area contributed by atoms with Crippen LogP contribution in [0.5, 0.6) is 11.6 Å². The molecule has 0 saturated heterocycles. The van der Waals surface area contributed by atoms with E-state index in [4.69, 9.17) is 16.2 Å². The van der Waals surface area contributed by atoms with Crippen LogP contribution < -0.4 is 16.2 Å². The molecule has 2 heterocycles. The number of hydrogen-bond donors (Lipinski definition) is 2. The molecule has 116 valence electrons. The van der Waals surface area contributed by atoms with Crippen LogP contribution in [-0.2, 0) is 0 Å². The van der Waals surface area contributed by atoms with Crippen molar-refractivity contribution < 1.29 is 9.53 Å². The van der Waals surface area contributed by atoms with Crippen LogP contribution in [0.2, 0.25) is 0 Å². The van der Waals surface area contributed by atoms with Crippen molar-refractivity contribution in [2.45, 2.75) is 6.92 Å². The van der Waals surface area contributed by atoms with E-state index in [2.05, 4.69) is 15.1 Å². The van der Waals surface area contributed by atoms with E-state index in [9.17, 15) is 4.79 Å². The quantitative estimate of drug-likeness (QED) is 0.752. The lowest BCUT2D eigenvalue weighted by atomic mass is 10.2. The van der Waals surface area contributed by atoms with Gasteiger partial charge in [-0.3, -0.25) is 4.79 Å². The first-order valence-electron chi connectivity index (χ1n) is 6.75. The molecule has 3 aromatic rings. The molecule has 1 amide bonds. The normalized spacial score (nSPS) is 10.5. The van der Waals surface area contributed by atoms with Gasteiger partial charge in [0.2, 0.25) is 5.88 Å². The van der Waals surface area contributed by atoms with Crippen LogP contribution >= 0.6 is 0 Å². The number of rotatable bonds is 4. The van der Waals surface area contributed by atoms with Gasteiger partial charge in [0, 0.05) is 6.07 Å². The van der Waals surface area contributed by atoms with Crippen LogP contribution in [0.1, 0.15) is 15.9 Å². The van der Waals surface area contributed by atoms with E-state index in [0.29, 0.717) is 17.4 Å². The number of aryl methyl sites for hydroxylation is 1. The summed E-state index contributed by atoms with van der Waals surface area (Å²) in [5, 5.41) is 4.01. The molecule has 2 aromatic heterocycles. The van der Waals surface area contributed by atoms with Crippen molar-refractivity contribution in [2.75, 3.05) is 5.73 Å². The fourth-order valence-corrected chi connectivity index (χ4v) is 1.96. The summed E-state index contributed by atoms with van der Waals surface area (Å²) < 4.78 is 6.96. The maximum absolute atomic E-state index is 11.2. The average Bonchev–Trinajstić information content (AvgIpc) is 2.92.